The van der Waals surface area contributed by atoms with E-state index >= 15 is 0 Å². The second-order valence-electron chi connectivity index (χ2n) is 5.50. The number of carboxylic acid groups (broad SMARTS) is 1. The summed E-state index contributed by atoms with van der Waals surface area (Å²) in [5.41, 5.74) is 3.06. The maximum Gasteiger partial charge on any atom is 0.336 e. The standard InChI is InChI=1S/C19H21NO2/c1-14(20(2)3)17-12-8-7-11-16(17)13-18(19(21)22)15-9-5-4-6-10-15/h4-14H,1-3H3,(H,21,22)/b18-13+. The fourth-order valence-electron chi connectivity index (χ4n) is 2.34. The van der Waals surface area contributed by atoms with Crippen LogP contribution in [0.1, 0.15) is 29.7 Å². The SMILES string of the molecule is CC(c1ccccc1/C=C(/C(=O)O)c1ccccc1)N(C)C. The lowest BCUT2D eigenvalue weighted by atomic mass is 9.96. The summed E-state index contributed by atoms with van der Waals surface area (Å²) in [5.74, 6) is -0.918. The maximum absolute atomic E-state index is 11.6. The lowest BCUT2D eigenvalue weighted by Crippen LogP contribution is -2.17. The number of benzene rings is 2. The van der Waals surface area contributed by atoms with Crippen LogP contribution in [0.3, 0.4) is 0 Å². The van der Waals surface area contributed by atoms with E-state index in [1.54, 1.807) is 6.08 Å². The molecule has 0 amide bonds. The molecule has 2 aromatic carbocycles. The molecule has 1 atom stereocenters. The molecule has 1 unspecified atom stereocenters. The minimum atomic E-state index is -0.918. The van der Waals surface area contributed by atoms with Crippen molar-refractivity contribution in [1.29, 1.82) is 0 Å². The zero-order valence-corrected chi connectivity index (χ0v) is 13.2. The first-order chi connectivity index (χ1) is 10.5. The Morgan fingerprint density at radius 1 is 1.05 bits per heavy atom. The molecule has 114 valence electrons. The van der Waals surface area contributed by atoms with Gasteiger partial charge < -0.3 is 10.0 Å². The number of rotatable bonds is 5. The van der Waals surface area contributed by atoms with Crippen molar-refractivity contribution in [2.45, 2.75) is 13.0 Å². The van der Waals surface area contributed by atoms with Crippen molar-refractivity contribution in [3.05, 3.63) is 71.3 Å². The van der Waals surface area contributed by atoms with Crippen LogP contribution in [0.15, 0.2) is 54.6 Å². The average molecular weight is 295 g/mol. The molecule has 3 heteroatoms. The number of nitrogens with zero attached hydrogens (tertiary/aromatic N) is 1. The Bertz CT molecular complexity index is 675. The molecule has 0 fully saturated rings. The van der Waals surface area contributed by atoms with Crippen molar-refractivity contribution in [2.24, 2.45) is 0 Å². The van der Waals surface area contributed by atoms with Crippen LogP contribution in [0, 0.1) is 0 Å². The third kappa shape index (κ3) is 3.62. The van der Waals surface area contributed by atoms with Gasteiger partial charge in [-0.05, 0) is 43.8 Å². The van der Waals surface area contributed by atoms with E-state index < -0.39 is 5.97 Å². The molecule has 0 saturated carbocycles. The summed E-state index contributed by atoms with van der Waals surface area (Å²) in [6.45, 7) is 2.11. The lowest BCUT2D eigenvalue weighted by molar-refractivity contribution is -0.130. The number of hydrogen-bond donors (Lipinski definition) is 1. The predicted octanol–water partition coefficient (Wildman–Crippen LogP) is 3.93. The maximum atomic E-state index is 11.6. The normalized spacial score (nSPS) is 13.2. The summed E-state index contributed by atoms with van der Waals surface area (Å²) in [6.07, 6.45) is 1.76. The van der Waals surface area contributed by atoms with E-state index in [2.05, 4.69) is 11.8 Å². The molecular weight excluding hydrogens is 274 g/mol. The van der Waals surface area contributed by atoms with Crippen LogP contribution in [0.5, 0.6) is 0 Å². The highest BCUT2D eigenvalue weighted by Gasteiger charge is 2.14. The smallest absolute Gasteiger partial charge is 0.336 e. The Hall–Kier alpha value is -2.39. The highest BCUT2D eigenvalue weighted by atomic mass is 16.4. The van der Waals surface area contributed by atoms with Gasteiger partial charge in [-0.25, -0.2) is 4.79 Å². The molecule has 1 N–H and O–H groups in total. The van der Waals surface area contributed by atoms with Crippen LogP contribution in [0.25, 0.3) is 11.6 Å². The molecule has 0 radical (unpaired) electrons. The van der Waals surface area contributed by atoms with E-state index in [1.807, 2.05) is 68.7 Å². The van der Waals surface area contributed by atoms with Crippen molar-refractivity contribution in [3.8, 4) is 0 Å². The van der Waals surface area contributed by atoms with E-state index in [-0.39, 0.29) is 6.04 Å². The highest BCUT2D eigenvalue weighted by molar-refractivity contribution is 6.20. The van der Waals surface area contributed by atoms with Gasteiger partial charge in [-0.1, -0.05) is 54.6 Å². The van der Waals surface area contributed by atoms with Crippen LogP contribution < -0.4 is 0 Å². The second-order valence-corrected chi connectivity index (χ2v) is 5.50. The van der Waals surface area contributed by atoms with Crippen LogP contribution in [-0.4, -0.2) is 30.1 Å². The number of carboxylic acids is 1. The van der Waals surface area contributed by atoms with Crippen LogP contribution in [-0.2, 0) is 4.79 Å². The Labute approximate surface area is 131 Å². The van der Waals surface area contributed by atoms with Crippen LogP contribution >= 0.6 is 0 Å². The summed E-state index contributed by atoms with van der Waals surface area (Å²) in [6, 6.07) is 17.3. The summed E-state index contributed by atoms with van der Waals surface area (Å²) in [4.78, 5) is 13.7. The molecule has 0 aliphatic rings. The van der Waals surface area contributed by atoms with E-state index in [4.69, 9.17) is 0 Å². The highest BCUT2D eigenvalue weighted by Crippen LogP contribution is 2.26. The molecule has 0 aliphatic heterocycles. The molecule has 22 heavy (non-hydrogen) atoms. The van der Waals surface area contributed by atoms with Crippen molar-refractivity contribution in [2.75, 3.05) is 14.1 Å². The summed E-state index contributed by atoms with van der Waals surface area (Å²) >= 11 is 0. The van der Waals surface area contributed by atoms with Gasteiger partial charge in [-0.2, -0.15) is 0 Å². The topological polar surface area (TPSA) is 40.5 Å². The van der Waals surface area contributed by atoms with Crippen molar-refractivity contribution in [3.63, 3.8) is 0 Å². The third-order valence-electron chi connectivity index (χ3n) is 3.84. The van der Waals surface area contributed by atoms with Crippen LogP contribution in [0.4, 0.5) is 0 Å². The monoisotopic (exact) mass is 295 g/mol. The predicted molar refractivity (Wildman–Crippen MR) is 90.5 cm³/mol. The van der Waals surface area contributed by atoms with E-state index in [0.29, 0.717) is 11.1 Å². The molecule has 2 aromatic rings. The Balaban J connectivity index is 2.53. The van der Waals surface area contributed by atoms with E-state index in [0.717, 1.165) is 11.1 Å². The van der Waals surface area contributed by atoms with E-state index in [1.165, 1.54) is 0 Å². The Morgan fingerprint density at radius 3 is 2.23 bits per heavy atom. The minimum absolute atomic E-state index is 0.207. The van der Waals surface area contributed by atoms with Gasteiger partial charge in [-0.15, -0.1) is 0 Å². The van der Waals surface area contributed by atoms with Gasteiger partial charge in [0.1, 0.15) is 0 Å². The summed E-state index contributed by atoms with van der Waals surface area (Å²) in [7, 11) is 4.03. The van der Waals surface area contributed by atoms with Crippen molar-refractivity contribution >= 4 is 17.6 Å². The molecule has 0 heterocycles. The molecule has 0 bridgehead atoms. The number of aliphatic carboxylic acids is 1. The van der Waals surface area contributed by atoms with Gasteiger partial charge in [0.15, 0.2) is 0 Å². The van der Waals surface area contributed by atoms with Gasteiger partial charge >= 0.3 is 5.97 Å². The Kier molecular flexibility index (Phi) is 5.12. The van der Waals surface area contributed by atoms with Crippen LogP contribution in [0.2, 0.25) is 0 Å². The molecule has 0 saturated heterocycles. The lowest BCUT2D eigenvalue weighted by Gasteiger charge is -2.22. The molecule has 3 nitrogen and oxygen atoms in total. The fourth-order valence-corrected chi connectivity index (χ4v) is 2.34. The fraction of sp³-hybridized carbons (Fsp3) is 0.211. The zero-order valence-electron chi connectivity index (χ0n) is 13.2. The molecule has 0 aromatic heterocycles. The number of hydrogen-bond acceptors (Lipinski definition) is 2. The first kappa shape index (κ1) is 16.0. The zero-order chi connectivity index (χ0) is 16.1. The van der Waals surface area contributed by atoms with Crippen molar-refractivity contribution < 1.29 is 9.90 Å². The quantitative estimate of drug-likeness (QED) is 0.671. The van der Waals surface area contributed by atoms with Crippen molar-refractivity contribution in [1.82, 2.24) is 4.90 Å². The van der Waals surface area contributed by atoms with Gasteiger partial charge in [-0.3, -0.25) is 0 Å². The molecule has 0 aliphatic carbocycles. The van der Waals surface area contributed by atoms with Gasteiger partial charge in [0.2, 0.25) is 0 Å². The molecular formula is C19H21NO2. The first-order valence-electron chi connectivity index (χ1n) is 7.26. The first-order valence-corrected chi connectivity index (χ1v) is 7.26. The third-order valence-corrected chi connectivity index (χ3v) is 3.84. The number of carbonyl (C=O) groups is 1. The van der Waals surface area contributed by atoms with Gasteiger partial charge in [0, 0.05) is 6.04 Å². The molecule has 0 spiro atoms. The second kappa shape index (κ2) is 7.05. The molecule has 2 rings (SSSR count). The largest absolute Gasteiger partial charge is 0.478 e. The Morgan fingerprint density at radius 2 is 1.64 bits per heavy atom. The summed E-state index contributed by atoms with van der Waals surface area (Å²) in [5, 5.41) is 9.55. The van der Waals surface area contributed by atoms with Gasteiger partial charge in [0.25, 0.3) is 0 Å². The minimum Gasteiger partial charge on any atom is -0.478 e. The van der Waals surface area contributed by atoms with Gasteiger partial charge in [0.05, 0.1) is 5.57 Å². The van der Waals surface area contributed by atoms with E-state index in [9.17, 15) is 9.90 Å². The summed E-state index contributed by atoms with van der Waals surface area (Å²) < 4.78 is 0. The average Bonchev–Trinajstić information content (AvgIpc) is 2.52.